The summed E-state index contributed by atoms with van der Waals surface area (Å²) < 4.78 is 0. The molecule has 0 unspecified atom stereocenters. The lowest BCUT2D eigenvalue weighted by molar-refractivity contribution is -0.135. The number of hydrogen-bond acceptors (Lipinski definition) is 3. The van der Waals surface area contributed by atoms with Crippen molar-refractivity contribution in [2.45, 2.75) is 52.1 Å². The van der Waals surface area contributed by atoms with Gasteiger partial charge < -0.3 is 15.5 Å². The first-order valence-corrected chi connectivity index (χ1v) is 12.1. The van der Waals surface area contributed by atoms with E-state index in [4.69, 9.17) is 11.6 Å². The minimum absolute atomic E-state index is 0. The molecule has 2 aliphatic heterocycles. The van der Waals surface area contributed by atoms with Gasteiger partial charge in [0.25, 0.3) is 0 Å². The predicted molar refractivity (Wildman–Crippen MR) is 144 cm³/mol. The number of rotatable bonds is 6. The smallest absolute Gasteiger partial charge is 0.225 e. The van der Waals surface area contributed by atoms with E-state index in [-0.39, 0.29) is 35.8 Å². The number of carbonyl (C=O) groups is 1. The zero-order chi connectivity index (χ0) is 22.2. The van der Waals surface area contributed by atoms with Crippen molar-refractivity contribution in [2.24, 2.45) is 16.8 Å². The molecule has 2 N–H and O–H groups in total. The molecule has 1 aromatic carbocycles. The van der Waals surface area contributed by atoms with Crippen LogP contribution >= 0.6 is 35.6 Å². The number of aliphatic imine (C=N–C) groups is 1. The Balaban J connectivity index is 0.00000363. The summed E-state index contributed by atoms with van der Waals surface area (Å²) in [6.45, 7) is 9.69. The third-order valence-electron chi connectivity index (χ3n) is 6.48. The lowest BCUT2D eigenvalue weighted by Crippen LogP contribution is -2.51. The van der Waals surface area contributed by atoms with Gasteiger partial charge in [-0.2, -0.15) is 0 Å². The molecule has 1 aromatic rings. The molecule has 0 saturated carbocycles. The van der Waals surface area contributed by atoms with Gasteiger partial charge in [0.15, 0.2) is 5.96 Å². The van der Waals surface area contributed by atoms with Gasteiger partial charge in [0.05, 0.1) is 0 Å². The van der Waals surface area contributed by atoms with Crippen molar-refractivity contribution in [3.63, 3.8) is 0 Å². The summed E-state index contributed by atoms with van der Waals surface area (Å²) in [5.74, 6) is 1.88. The number of guanidine groups is 1. The maximum absolute atomic E-state index is 12.2. The Morgan fingerprint density at radius 1 is 1.12 bits per heavy atom. The largest absolute Gasteiger partial charge is 0.356 e. The second-order valence-corrected chi connectivity index (χ2v) is 9.57. The number of nitrogens with zero attached hydrogens (tertiary/aromatic N) is 3. The van der Waals surface area contributed by atoms with E-state index in [2.05, 4.69) is 32.7 Å². The molecule has 0 atom stereocenters. The van der Waals surface area contributed by atoms with Crippen molar-refractivity contribution < 1.29 is 4.79 Å². The van der Waals surface area contributed by atoms with Gasteiger partial charge in [0, 0.05) is 50.2 Å². The quantitative estimate of drug-likeness (QED) is 0.306. The lowest BCUT2D eigenvalue weighted by Gasteiger charge is -2.35. The topological polar surface area (TPSA) is 60.0 Å². The Morgan fingerprint density at radius 3 is 2.38 bits per heavy atom. The van der Waals surface area contributed by atoms with Gasteiger partial charge in [-0.15, -0.1) is 24.0 Å². The van der Waals surface area contributed by atoms with E-state index < -0.39 is 0 Å². The molecule has 8 heteroatoms. The second kappa shape index (κ2) is 13.6. The molecule has 32 heavy (non-hydrogen) atoms. The fourth-order valence-electron chi connectivity index (χ4n) is 4.45. The van der Waals surface area contributed by atoms with Crippen LogP contribution in [0.25, 0.3) is 0 Å². The lowest BCUT2D eigenvalue weighted by atomic mass is 9.96. The van der Waals surface area contributed by atoms with E-state index in [0.717, 1.165) is 63.1 Å². The molecule has 3 rings (SSSR count). The van der Waals surface area contributed by atoms with Crippen LogP contribution in [0.5, 0.6) is 0 Å². The SMILES string of the molecule is CN=C(NCC1CCN(Cc2ccccc2Cl)CC1)NC1CCN(C(=O)C(C)C)CC1.I. The Labute approximate surface area is 215 Å². The molecule has 1 amide bonds. The van der Waals surface area contributed by atoms with E-state index >= 15 is 0 Å². The number of amides is 1. The number of benzene rings is 1. The van der Waals surface area contributed by atoms with Crippen molar-refractivity contribution in [3.8, 4) is 0 Å². The first kappa shape index (κ1) is 27.2. The maximum Gasteiger partial charge on any atom is 0.225 e. The van der Waals surface area contributed by atoms with Crippen LogP contribution in [0.15, 0.2) is 29.3 Å². The average Bonchev–Trinajstić information content (AvgIpc) is 2.79. The van der Waals surface area contributed by atoms with E-state index in [1.165, 1.54) is 18.4 Å². The molecule has 6 nitrogen and oxygen atoms in total. The summed E-state index contributed by atoms with van der Waals surface area (Å²) in [5, 5.41) is 7.95. The molecule has 2 fully saturated rings. The normalized spacial score (nSPS) is 19.0. The minimum Gasteiger partial charge on any atom is -0.356 e. The van der Waals surface area contributed by atoms with Crippen molar-refractivity contribution in [3.05, 3.63) is 34.9 Å². The van der Waals surface area contributed by atoms with Crippen LogP contribution in [0.1, 0.15) is 45.1 Å². The molecule has 2 aliphatic rings. The van der Waals surface area contributed by atoms with E-state index in [1.807, 2.05) is 37.9 Å². The van der Waals surface area contributed by atoms with E-state index in [1.54, 1.807) is 0 Å². The highest BCUT2D eigenvalue weighted by atomic mass is 127. The van der Waals surface area contributed by atoms with Crippen molar-refractivity contribution in [1.82, 2.24) is 20.4 Å². The van der Waals surface area contributed by atoms with Gasteiger partial charge in [0.1, 0.15) is 0 Å². The average molecular weight is 576 g/mol. The highest BCUT2D eigenvalue weighted by molar-refractivity contribution is 14.0. The molecule has 180 valence electrons. The van der Waals surface area contributed by atoms with Gasteiger partial charge in [-0.1, -0.05) is 43.6 Å². The van der Waals surface area contributed by atoms with Gasteiger partial charge in [0.2, 0.25) is 5.91 Å². The Hall–Kier alpha value is -1.06. The molecule has 2 heterocycles. The summed E-state index contributed by atoms with van der Waals surface area (Å²) >= 11 is 6.31. The number of carbonyl (C=O) groups excluding carboxylic acids is 1. The highest BCUT2D eigenvalue weighted by Crippen LogP contribution is 2.22. The van der Waals surface area contributed by atoms with Crippen LogP contribution in [0.3, 0.4) is 0 Å². The van der Waals surface area contributed by atoms with E-state index in [9.17, 15) is 4.79 Å². The fourth-order valence-corrected chi connectivity index (χ4v) is 4.65. The molecule has 0 aliphatic carbocycles. The van der Waals surface area contributed by atoms with Gasteiger partial charge >= 0.3 is 0 Å². The molecular weight excluding hydrogens is 537 g/mol. The van der Waals surface area contributed by atoms with Gasteiger partial charge in [-0.25, -0.2) is 0 Å². The Morgan fingerprint density at radius 2 is 1.78 bits per heavy atom. The van der Waals surface area contributed by atoms with Gasteiger partial charge in [-0.05, 0) is 56.3 Å². The number of hydrogen-bond donors (Lipinski definition) is 2. The maximum atomic E-state index is 12.2. The first-order valence-electron chi connectivity index (χ1n) is 11.7. The van der Waals surface area contributed by atoms with Crippen LogP contribution in [0.2, 0.25) is 5.02 Å². The van der Waals surface area contributed by atoms with Crippen molar-refractivity contribution in [2.75, 3.05) is 39.8 Å². The number of nitrogens with one attached hydrogen (secondary N) is 2. The first-order chi connectivity index (χ1) is 15.0. The third kappa shape index (κ3) is 8.06. The minimum atomic E-state index is 0. The van der Waals surface area contributed by atoms with Crippen LogP contribution in [-0.2, 0) is 11.3 Å². The van der Waals surface area contributed by atoms with E-state index in [0.29, 0.717) is 12.0 Å². The number of halogens is 2. The van der Waals surface area contributed by atoms with Crippen molar-refractivity contribution in [1.29, 1.82) is 0 Å². The summed E-state index contributed by atoms with van der Waals surface area (Å²) in [5.41, 5.74) is 1.21. The van der Waals surface area contributed by atoms with Gasteiger partial charge in [-0.3, -0.25) is 14.7 Å². The Bertz CT molecular complexity index is 744. The zero-order valence-electron chi connectivity index (χ0n) is 19.6. The van der Waals surface area contributed by atoms with Crippen LogP contribution in [0.4, 0.5) is 0 Å². The molecule has 0 bridgehead atoms. The standard InChI is InChI=1S/C24H38ClN5O.HI/c1-18(2)23(31)30-14-10-21(11-15-30)28-24(26-3)27-16-19-8-12-29(13-9-19)17-20-6-4-5-7-22(20)25;/h4-7,18-19,21H,8-17H2,1-3H3,(H2,26,27,28);1H. The van der Waals surface area contributed by atoms with Crippen LogP contribution in [0, 0.1) is 11.8 Å². The molecule has 0 spiro atoms. The summed E-state index contributed by atoms with van der Waals surface area (Å²) in [6, 6.07) is 8.51. The van der Waals surface area contributed by atoms with Crippen LogP contribution < -0.4 is 10.6 Å². The summed E-state index contributed by atoms with van der Waals surface area (Å²) in [4.78, 5) is 21.1. The highest BCUT2D eigenvalue weighted by Gasteiger charge is 2.25. The zero-order valence-corrected chi connectivity index (χ0v) is 22.7. The third-order valence-corrected chi connectivity index (χ3v) is 6.85. The second-order valence-electron chi connectivity index (χ2n) is 9.16. The molecule has 0 radical (unpaired) electrons. The number of likely N-dealkylation sites (tertiary alicyclic amines) is 2. The number of piperidine rings is 2. The summed E-state index contributed by atoms with van der Waals surface area (Å²) in [6.07, 6.45) is 4.31. The fraction of sp³-hybridized carbons (Fsp3) is 0.667. The molecule has 2 saturated heterocycles. The summed E-state index contributed by atoms with van der Waals surface area (Å²) in [7, 11) is 1.83. The van der Waals surface area contributed by atoms with Crippen molar-refractivity contribution >= 4 is 47.4 Å². The Kier molecular flexibility index (Phi) is 11.6. The van der Waals surface area contributed by atoms with Crippen LogP contribution in [-0.4, -0.2) is 67.5 Å². The predicted octanol–water partition coefficient (Wildman–Crippen LogP) is 3.98. The molecule has 0 aromatic heterocycles. The monoisotopic (exact) mass is 575 g/mol. The molecular formula is C24H39ClIN5O.